The Bertz CT molecular complexity index is 927. The normalized spacial score (nSPS) is 26.5. The van der Waals surface area contributed by atoms with Gasteiger partial charge in [0.1, 0.15) is 11.8 Å². The van der Waals surface area contributed by atoms with E-state index in [2.05, 4.69) is 16.3 Å². The lowest BCUT2D eigenvalue weighted by molar-refractivity contribution is -0.0536. The summed E-state index contributed by atoms with van der Waals surface area (Å²) in [5, 5.41) is 0. The first-order valence-corrected chi connectivity index (χ1v) is 11.7. The number of carbonyl (C=O) groups is 1. The first kappa shape index (κ1) is 24.4. The summed E-state index contributed by atoms with van der Waals surface area (Å²) in [6, 6.07) is 8.21. The third-order valence-corrected chi connectivity index (χ3v) is 6.80. The zero-order valence-electron chi connectivity index (χ0n) is 17.7. The van der Waals surface area contributed by atoms with Crippen LogP contribution in [-0.2, 0) is 23.8 Å². The molecule has 2 aliphatic rings. The largest absolute Gasteiger partial charge is 0.534 e. The van der Waals surface area contributed by atoms with E-state index in [4.69, 9.17) is 9.47 Å². The highest BCUT2D eigenvalue weighted by molar-refractivity contribution is 7.87. The van der Waals surface area contributed by atoms with Gasteiger partial charge in [-0.15, -0.1) is 0 Å². The van der Waals surface area contributed by atoms with Crippen molar-refractivity contribution in [2.75, 3.05) is 13.7 Å². The number of carbonyl (C=O) groups excluding carboxylic acids is 1. The summed E-state index contributed by atoms with van der Waals surface area (Å²) in [7, 11) is -4.75. The van der Waals surface area contributed by atoms with Gasteiger partial charge in [0.15, 0.2) is 0 Å². The maximum Gasteiger partial charge on any atom is 0.534 e. The van der Waals surface area contributed by atoms with Gasteiger partial charge in [0.25, 0.3) is 0 Å². The minimum atomic E-state index is -5.88. The average Bonchev–Trinajstić information content (AvgIpc) is 3.06. The summed E-state index contributed by atoms with van der Waals surface area (Å²) in [4.78, 5) is 13.3. The van der Waals surface area contributed by atoms with E-state index in [9.17, 15) is 26.4 Å². The number of rotatable bonds is 6. The molecular weight excluding hydrogens is 451 g/mol. The van der Waals surface area contributed by atoms with E-state index in [0.717, 1.165) is 43.8 Å². The lowest BCUT2D eigenvalue weighted by atomic mass is 9.83. The third kappa shape index (κ3) is 5.37. The Morgan fingerprint density at radius 1 is 1.12 bits per heavy atom. The molecular formula is C21H26F3NO6S. The number of alkyl halides is 3. The van der Waals surface area contributed by atoms with Crippen molar-refractivity contribution in [3.05, 3.63) is 47.7 Å². The molecule has 1 aliphatic heterocycles. The van der Waals surface area contributed by atoms with E-state index < -0.39 is 39.6 Å². The summed E-state index contributed by atoms with van der Waals surface area (Å²) in [5.41, 5.74) is -4.33. The third-order valence-electron chi connectivity index (χ3n) is 5.82. The molecule has 0 saturated heterocycles. The first-order valence-electron chi connectivity index (χ1n) is 10.3. The summed E-state index contributed by atoms with van der Waals surface area (Å²) in [6.07, 6.45) is 3.42. The van der Waals surface area contributed by atoms with Crippen LogP contribution in [0.5, 0.6) is 0 Å². The molecule has 1 aromatic carbocycles. The van der Waals surface area contributed by atoms with E-state index in [1.807, 2.05) is 18.2 Å². The van der Waals surface area contributed by atoms with E-state index >= 15 is 0 Å². The fraction of sp³-hybridized carbons (Fsp3) is 0.571. The van der Waals surface area contributed by atoms with Gasteiger partial charge >= 0.3 is 21.7 Å². The topological polar surface area (TPSA) is 82.1 Å². The Kier molecular flexibility index (Phi) is 7.39. The van der Waals surface area contributed by atoms with Crippen LogP contribution in [0.1, 0.15) is 44.1 Å². The first-order chi connectivity index (χ1) is 15.0. The predicted molar refractivity (Wildman–Crippen MR) is 109 cm³/mol. The zero-order valence-corrected chi connectivity index (χ0v) is 18.6. The fourth-order valence-electron chi connectivity index (χ4n) is 4.18. The average molecular weight is 478 g/mol. The maximum absolute atomic E-state index is 12.8. The lowest BCUT2D eigenvalue weighted by Crippen LogP contribution is -2.45. The maximum atomic E-state index is 12.8. The number of nitrogens with zero attached hydrogens (tertiary/aromatic N) is 1. The monoisotopic (exact) mass is 477 g/mol. The van der Waals surface area contributed by atoms with Crippen molar-refractivity contribution < 1.29 is 40.0 Å². The Labute approximate surface area is 185 Å². The van der Waals surface area contributed by atoms with Gasteiger partial charge in [-0.2, -0.15) is 21.6 Å². The standard InChI is InChI=1S/C21H26F3NO6S/c1-14-12-19(31-32(27,28)21(22,23)24)18(25(14)20(26)29-2)13-30-17-10-8-16(9-11-17)15-6-4-3-5-7-15/h3-7,12,14,16-18H,8-11,13H2,1-2H3. The Morgan fingerprint density at radius 3 is 2.31 bits per heavy atom. The van der Waals surface area contributed by atoms with Gasteiger partial charge in [-0.25, -0.2) is 4.79 Å². The minimum absolute atomic E-state index is 0.161. The molecule has 178 valence electrons. The second-order valence-corrected chi connectivity index (χ2v) is 9.44. The van der Waals surface area contributed by atoms with Crippen LogP contribution in [-0.4, -0.2) is 56.8 Å². The summed E-state index contributed by atoms with van der Waals surface area (Å²) in [5.74, 6) is -0.0944. The lowest BCUT2D eigenvalue weighted by Gasteiger charge is -2.32. The van der Waals surface area contributed by atoms with Crippen LogP contribution in [0.4, 0.5) is 18.0 Å². The van der Waals surface area contributed by atoms with Gasteiger partial charge < -0.3 is 13.7 Å². The highest BCUT2D eigenvalue weighted by Gasteiger charge is 2.51. The number of methoxy groups -OCH3 is 1. The predicted octanol–water partition coefficient (Wildman–Crippen LogP) is 4.32. The second-order valence-electron chi connectivity index (χ2n) is 7.90. The van der Waals surface area contributed by atoms with E-state index in [-0.39, 0.29) is 12.7 Å². The Hall–Kier alpha value is -2.27. The molecule has 32 heavy (non-hydrogen) atoms. The Balaban J connectivity index is 1.66. The van der Waals surface area contributed by atoms with Crippen molar-refractivity contribution >= 4 is 16.2 Å². The van der Waals surface area contributed by atoms with Crippen LogP contribution in [0, 0.1) is 0 Å². The molecule has 1 saturated carbocycles. The molecule has 1 aromatic rings. The molecule has 1 amide bonds. The van der Waals surface area contributed by atoms with E-state index in [0.29, 0.717) is 5.92 Å². The van der Waals surface area contributed by atoms with Gasteiger partial charge in [0, 0.05) is 0 Å². The van der Waals surface area contributed by atoms with Crippen LogP contribution in [0.2, 0.25) is 0 Å². The number of ether oxygens (including phenoxy) is 2. The number of hydrogen-bond donors (Lipinski definition) is 0. The van der Waals surface area contributed by atoms with Crippen LogP contribution in [0.25, 0.3) is 0 Å². The van der Waals surface area contributed by atoms with Crippen molar-refractivity contribution in [1.29, 1.82) is 0 Å². The molecule has 0 bridgehead atoms. The van der Waals surface area contributed by atoms with Crippen LogP contribution >= 0.6 is 0 Å². The summed E-state index contributed by atoms with van der Waals surface area (Å²) in [6.45, 7) is 1.31. The van der Waals surface area contributed by atoms with E-state index in [1.165, 1.54) is 12.5 Å². The highest BCUT2D eigenvalue weighted by atomic mass is 32.2. The number of benzene rings is 1. The van der Waals surface area contributed by atoms with Crippen molar-refractivity contribution in [2.45, 2.75) is 62.2 Å². The van der Waals surface area contributed by atoms with Crippen molar-refractivity contribution in [3.8, 4) is 0 Å². The van der Waals surface area contributed by atoms with Crippen LogP contribution < -0.4 is 0 Å². The second kappa shape index (κ2) is 9.70. The van der Waals surface area contributed by atoms with Gasteiger partial charge in [-0.3, -0.25) is 4.90 Å². The molecule has 1 heterocycles. The molecule has 1 fully saturated rings. The van der Waals surface area contributed by atoms with Crippen LogP contribution in [0.15, 0.2) is 42.2 Å². The van der Waals surface area contributed by atoms with Crippen molar-refractivity contribution in [3.63, 3.8) is 0 Å². The molecule has 1 aliphatic carbocycles. The number of amides is 1. The molecule has 0 radical (unpaired) electrons. The molecule has 0 N–H and O–H groups in total. The number of halogens is 3. The smallest absolute Gasteiger partial charge is 0.453 e. The minimum Gasteiger partial charge on any atom is -0.453 e. The van der Waals surface area contributed by atoms with Crippen molar-refractivity contribution in [1.82, 2.24) is 4.90 Å². The van der Waals surface area contributed by atoms with Crippen molar-refractivity contribution in [2.24, 2.45) is 0 Å². The Morgan fingerprint density at radius 2 is 1.75 bits per heavy atom. The van der Waals surface area contributed by atoms with Gasteiger partial charge in [-0.05, 0) is 50.2 Å². The molecule has 2 unspecified atom stereocenters. The fourth-order valence-corrected chi connectivity index (χ4v) is 4.70. The summed E-state index contributed by atoms with van der Waals surface area (Å²) >= 11 is 0. The summed E-state index contributed by atoms with van der Waals surface area (Å²) < 4.78 is 76.4. The quantitative estimate of drug-likeness (QED) is 0.448. The number of hydrogen-bond acceptors (Lipinski definition) is 6. The van der Waals surface area contributed by atoms with Crippen LogP contribution in [0.3, 0.4) is 0 Å². The molecule has 7 nitrogen and oxygen atoms in total. The zero-order chi connectivity index (χ0) is 23.5. The molecule has 0 spiro atoms. The molecule has 2 atom stereocenters. The molecule has 3 rings (SSSR count). The van der Waals surface area contributed by atoms with Gasteiger partial charge in [0.2, 0.25) is 0 Å². The molecule has 11 heteroatoms. The van der Waals surface area contributed by atoms with Gasteiger partial charge in [-0.1, -0.05) is 30.3 Å². The van der Waals surface area contributed by atoms with Gasteiger partial charge in [0.05, 0.1) is 25.9 Å². The molecule has 0 aromatic heterocycles. The SMILES string of the molecule is COC(=O)N1C(C)C=C(OS(=O)(=O)C(F)(F)F)C1COC1CCC(c2ccccc2)CC1. The van der Waals surface area contributed by atoms with E-state index in [1.54, 1.807) is 0 Å². The highest BCUT2D eigenvalue weighted by Crippen LogP contribution is 2.36.